The van der Waals surface area contributed by atoms with Gasteiger partial charge in [0.2, 0.25) is 0 Å². The molecule has 0 radical (unpaired) electrons. The van der Waals surface area contributed by atoms with Gasteiger partial charge in [-0.2, -0.15) is 0 Å². The molecule has 0 amide bonds. The maximum Gasteiger partial charge on any atom is 0.0681 e. The van der Waals surface area contributed by atoms with E-state index in [-0.39, 0.29) is 13.2 Å². The molecule has 0 saturated heterocycles. The molecule has 2 N–H and O–H groups in total. The molecule has 0 fully saturated rings. The summed E-state index contributed by atoms with van der Waals surface area (Å²) in [5.74, 6) is 0. The van der Waals surface area contributed by atoms with E-state index >= 15 is 0 Å². The molecule has 3 nitrogen and oxygen atoms in total. The molecule has 16 heavy (non-hydrogen) atoms. The van der Waals surface area contributed by atoms with Gasteiger partial charge in [0.05, 0.1) is 13.2 Å². The van der Waals surface area contributed by atoms with E-state index in [0.29, 0.717) is 13.1 Å². The van der Waals surface area contributed by atoms with Crippen molar-refractivity contribution < 1.29 is 10.2 Å². The van der Waals surface area contributed by atoms with Gasteiger partial charge < -0.3 is 15.1 Å². The van der Waals surface area contributed by atoms with Crippen molar-refractivity contribution in [1.29, 1.82) is 0 Å². The predicted molar refractivity (Wildman–Crippen MR) is 66.6 cm³/mol. The van der Waals surface area contributed by atoms with Crippen LogP contribution in [0.15, 0.2) is 30.9 Å². The lowest BCUT2D eigenvalue weighted by atomic mass is 10.1. The summed E-state index contributed by atoms with van der Waals surface area (Å²) in [6.45, 7) is 7.19. The maximum atomic E-state index is 9.03. The molecule has 0 saturated carbocycles. The molecular weight excluding hydrogens is 202 g/mol. The number of hydrogen-bond donors (Lipinski definition) is 2. The summed E-state index contributed by atoms with van der Waals surface area (Å²) < 4.78 is 0. The standard InChI is InChI=1S/C13H19NO2/c1-3-6-14(7-8-15)13-5-4-12(10-16)9-11(13)2/h3-5,9,15-16H,1,6-8,10H2,2H3. The minimum Gasteiger partial charge on any atom is -0.395 e. The summed E-state index contributed by atoms with van der Waals surface area (Å²) in [6.07, 6.45) is 1.81. The Labute approximate surface area is 96.6 Å². The van der Waals surface area contributed by atoms with Gasteiger partial charge in [0.15, 0.2) is 0 Å². The van der Waals surface area contributed by atoms with Crippen LogP contribution in [-0.4, -0.2) is 29.9 Å². The van der Waals surface area contributed by atoms with Crippen LogP contribution in [0.5, 0.6) is 0 Å². The Kier molecular flexibility index (Phi) is 5.02. The number of aryl methyl sites for hydroxylation is 1. The predicted octanol–water partition coefficient (Wildman–Crippen LogP) is 1.47. The van der Waals surface area contributed by atoms with Crippen molar-refractivity contribution in [1.82, 2.24) is 0 Å². The van der Waals surface area contributed by atoms with Crippen molar-refractivity contribution in [2.45, 2.75) is 13.5 Å². The van der Waals surface area contributed by atoms with Crippen molar-refractivity contribution >= 4 is 5.69 Å². The van der Waals surface area contributed by atoms with Gasteiger partial charge in [-0.15, -0.1) is 6.58 Å². The Morgan fingerprint density at radius 2 is 2.12 bits per heavy atom. The van der Waals surface area contributed by atoms with Gasteiger partial charge in [0, 0.05) is 18.8 Å². The number of anilines is 1. The van der Waals surface area contributed by atoms with Crippen molar-refractivity contribution in [3.8, 4) is 0 Å². The first-order chi connectivity index (χ1) is 7.72. The van der Waals surface area contributed by atoms with E-state index < -0.39 is 0 Å². The fraction of sp³-hybridized carbons (Fsp3) is 0.385. The number of aliphatic hydroxyl groups is 2. The largest absolute Gasteiger partial charge is 0.395 e. The molecule has 0 heterocycles. The Morgan fingerprint density at radius 1 is 1.38 bits per heavy atom. The van der Waals surface area contributed by atoms with E-state index in [1.807, 2.05) is 31.2 Å². The SMILES string of the molecule is C=CCN(CCO)c1ccc(CO)cc1C. The fourth-order valence-corrected chi connectivity index (χ4v) is 1.76. The van der Waals surface area contributed by atoms with Crippen LogP contribution in [0.2, 0.25) is 0 Å². The Balaban J connectivity index is 2.94. The lowest BCUT2D eigenvalue weighted by molar-refractivity contribution is 0.281. The van der Waals surface area contributed by atoms with Gasteiger partial charge in [-0.3, -0.25) is 0 Å². The van der Waals surface area contributed by atoms with Crippen LogP contribution in [0.3, 0.4) is 0 Å². The Hall–Kier alpha value is -1.32. The Bertz CT molecular complexity index is 350. The monoisotopic (exact) mass is 221 g/mol. The van der Waals surface area contributed by atoms with E-state index in [9.17, 15) is 0 Å². The van der Waals surface area contributed by atoms with Crippen molar-refractivity contribution in [3.05, 3.63) is 42.0 Å². The van der Waals surface area contributed by atoms with Gasteiger partial charge in [-0.25, -0.2) is 0 Å². The highest BCUT2D eigenvalue weighted by Crippen LogP contribution is 2.21. The highest BCUT2D eigenvalue weighted by Gasteiger charge is 2.07. The number of nitrogens with zero attached hydrogens (tertiary/aromatic N) is 1. The van der Waals surface area contributed by atoms with Crippen molar-refractivity contribution in [2.24, 2.45) is 0 Å². The summed E-state index contributed by atoms with van der Waals surface area (Å²) in [6, 6.07) is 5.83. The van der Waals surface area contributed by atoms with E-state index in [1.165, 1.54) is 0 Å². The van der Waals surface area contributed by atoms with Gasteiger partial charge >= 0.3 is 0 Å². The fourth-order valence-electron chi connectivity index (χ4n) is 1.76. The smallest absolute Gasteiger partial charge is 0.0681 e. The van der Waals surface area contributed by atoms with E-state index in [1.54, 1.807) is 0 Å². The summed E-state index contributed by atoms with van der Waals surface area (Å²) in [7, 11) is 0. The van der Waals surface area contributed by atoms with E-state index in [2.05, 4.69) is 11.5 Å². The zero-order valence-corrected chi connectivity index (χ0v) is 9.69. The molecule has 0 unspecified atom stereocenters. The maximum absolute atomic E-state index is 9.03. The third-order valence-electron chi connectivity index (χ3n) is 2.50. The molecule has 3 heteroatoms. The minimum atomic E-state index is 0.0581. The molecule has 0 aliphatic carbocycles. The van der Waals surface area contributed by atoms with Gasteiger partial charge in [-0.05, 0) is 24.1 Å². The average molecular weight is 221 g/mol. The van der Waals surface area contributed by atoms with Crippen LogP contribution in [-0.2, 0) is 6.61 Å². The molecule has 0 spiro atoms. The van der Waals surface area contributed by atoms with Gasteiger partial charge in [0.1, 0.15) is 0 Å². The third-order valence-corrected chi connectivity index (χ3v) is 2.50. The summed E-state index contributed by atoms with van der Waals surface area (Å²) >= 11 is 0. The third kappa shape index (κ3) is 3.08. The highest BCUT2D eigenvalue weighted by atomic mass is 16.3. The molecular formula is C13H19NO2. The first-order valence-corrected chi connectivity index (χ1v) is 5.40. The average Bonchev–Trinajstić information content (AvgIpc) is 2.29. The van der Waals surface area contributed by atoms with Crippen LogP contribution in [0, 0.1) is 6.92 Å². The molecule has 0 atom stereocenters. The summed E-state index contributed by atoms with van der Waals surface area (Å²) in [4.78, 5) is 2.06. The minimum absolute atomic E-state index is 0.0581. The summed E-state index contributed by atoms with van der Waals surface area (Å²) in [5.41, 5.74) is 3.08. The number of rotatable bonds is 6. The first kappa shape index (κ1) is 12.7. The topological polar surface area (TPSA) is 43.7 Å². The van der Waals surface area contributed by atoms with E-state index in [4.69, 9.17) is 10.2 Å². The normalized spacial score (nSPS) is 10.2. The molecule has 0 aromatic heterocycles. The molecule has 0 aliphatic rings. The first-order valence-electron chi connectivity index (χ1n) is 5.40. The number of benzene rings is 1. The molecule has 88 valence electrons. The molecule has 1 aromatic carbocycles. The Morgan fingerprint density at radius 3 is 2.62 bits per heavy atom. The quantitative estimate of drug-likeness (QED) is 0.715. The molecule has 1 rings (SSSR count). The second kappa shape index (κ2) is 6.30. The van der Waals surface area contributed by atoms with Crippen LogP contribution in [0.4, 0.5) is 5.69 Å². The van der Waals surface area contributed by atoms with Crippen molar-refractivity contribution in [2.75, 3.05) is 24.6 Å². The van der Waals surface area contributed by atoms with Gasteiger partial charge in [0.25, 0.3) is 0 Å². The van der Waals surface area contributed by atoms with Crippen LogP contribution >= 0.6 is 0 Å². The molecule has 1 aromatic rings. The second-order valence-electron chi connectivity index (χ2n) is 3.74. The zero-order valence-electron chi connectivity index (χ0n) is 9.69. The van der Waals surface area contributed by atoms with Crippen molar-refractivity contribution in [3.63, 3.8) is 0 Å². The second-order valence-corrected chi connectivity index (χ2v) is 3.74. The molecule has 0 bridgehead atoms. The highest BCUT2D eigenvalue weighted by molar-refractivity contribution is 5.54. The zero-order chi connectivity index (χ0) is 12.0. The lowest BCUT2D eigenvalue weighted by Gasteiger charge is -2.24. The van der Waals surface area contributed by atoms with Crippen LogP contribution < -0.4 is 4.90 Å². The van der Waals surface area contributed by atoms with Gasteiger partial charge in [-0.1, -0.05) is 18.2 Å². The van der Waals surface area contributed by atoms with E-state index in [0.717, 1.165) is 16.8 Å². The number of aliphatic hydroxyl groups excluding tert-OH is 2. The molecule has 0 aliphatic heterocycles. The summed E-state index contributed by atoms with van der Waals surface area (Å²) in [5, 5.41) is 18.0. The number of hydrogen-bond acceptors (Lipinski definition) is 3. The van der Waals surface area contributed by atoms with Crippen LogP contribution in [0.1, 0.15) is 11.1 Å². The van der Waals surface area contributed by atoms with Crippen LogP contribution in [0.25, 0.3) is 0 Å². The lowest BCUT2D eigenvalue weighted by Crippen LogP contribution is -2.27.